The molecule has 0 amide bonds. The third-order valence-electron chi connectivity index (χ3n) is 6.40. The Kier molecular flexibility index (Phi) is 7.24. The Morgan fingerprint density at radius 2 is 1.75 bits per heavy atom. The summed E-state index contributed by atoms with van der Waals surface area (Å²) in [5.74, 6) is -1.06. The summed E-state index contributed by atoms with van der Waals surface area (Å²) in [5, 5.41) is 0.688. The fourth-order valence-corrected chi connectivity index (χ4v) is 5.78. The van der Waals surface area contributed by atoms with Crippen LogP contribution in [0.25, 0.3) is 26.6 Å². The number of hydrogen-bond acceptors (Lipinski definition) is 2. The van der Waals surface area contributed by atoms with Crippen molar-refractivity contribution in [2.75, 3.05) is 6.61 Å². The van der Waals surface area contributed by atoms with Crippen LogP contribution in [0.5, 0.6) is 5.75 Å². The van der Waals surface area contributed by atoms with Crippen LogP contribution in [0.15, 0.2) is 36.4 Å². The van der Waals surface area contributed by atoms with Gasteiger partial charge in [0.25, 0.3) is 0 Å². The number of ether oxygens (including phenoxy) is 1. The molecule has 1 nitrogen and oxygen atoms in total. The van der Waals surface area contributed by atoms with Crippen LogP contribution in [0.1, 0.15) is 57.9 Å². The Balaban J connectivity index is 1.56. The second-order valence-electron chi connectivity index (χ2n) is 8.60. The van der Waals surface area contributed by atoms with Crippen LogP contribution in [0, 0.1) is 29.3 Å². The van der Waals surface area contributed by atoms with Gasteiger partial charge in [-0.25, -0.2) is 8.78 Å². The largest absolute Gasteiger partial charge is 0.491 e. The van der Waals surface area contributed by atoms with Gasteiger partial charge in [-0.1, -0.05) is 44.1 Å². The summed E-state index contributed by atoms with van der Waals surface area (Å²) >= 11 is 1.14. The molecule has 0 spiro atoms. The van der Waals surface area contributed by atoms with Gasteiger partial charge in [0.1, 0.15) is 5.82 Å². The molecule has 32 heavy (non-hydrogen) atoms. The highest BCUT2D eigenvalue weighted by atomic mass is 32.1. The maximum absolute atomic E-state index is 15.2. The fraction of sp³-hybridized carbons (Fsp3) is 0.407. The van der Waals surface area contributed by atoms with E-state index in [0.717, 1.165) is 30.1 Å². The van der Waals surface area contributed by atoms with E-state index in [2.05, 4.69) is 13.0 Å². The minimum Gasteiger partial charge on any atom is -0.491 e. The van der Waals surface area contributed by atoms with Crippen LogP contribution in [0.4, 0.5) is 13.2 Å². The lowest BCUT2D eigenvalue weighted by Gasteiger charge is -2.26. The average Bonchev–Trinajstić information content (AvgIpc) is 3.23. The molecule has 1 aliphatic rings. The normalized spacial score (nSPS) is 19.2. The molecule has 0 radical (unpaired) electrons. The van der Waals surface area contributed by atoms with Gasteiger partial charge >= 0.3 is 0 Å². The van der Waals surface area contributed by atoms with E-state index in [0.29, 0.717) is 26.4 Å². The highest BCUT2D eigenvalue weighted by molar-refractivity contribution is 7.22. The van der Waals surface area contributed by atoms with E-state index in [9.17, 15) is 8.78 Å². The van der Waals surface area contributed by atoms with Crippen molar-refractivity contribution in [3.8, 4) is 16.2 Å². The Morgan fingerprint density at radius 3 is 2.47 bits per heavy atom. The number of allylic oxidation sites excluding steroid dienone is 1. The molecule has 1 aliphatic carbocycles. The minimum atomic E-state index is -1.01. The monoisotopic (exact) mass is 458 g/mol. The standard InChI is InChI=1S/C27H29F3OS/c1-3-5-17-6-8-18(9-7-17)10-11-19-12-13-20-16-23(32-27(20)24(19)28)21-14-15-22(31-4-2)26(30)25(21)29/h10-18H,3-9H2,1-2H3/b11-10+. The topological polar surface area (TPSA) is 9.23 Å². The first-order chi connectivity index (χ1) is 15.5. The molecular formula is C27H29F3OS. The van der Waals surface area contributed by atoms with E-state index < -0.39 is 11.6 Å². The van der Waals surface area contributed by atoms with Crippen molar-refractivity contribution in [3.05, 3.63) is 59.4 Å². The number of thiophene rings is 1. The average molecular weight is 459 g/mol. The van der Waals surface area contributed by atoms with Crippen molar-refractivity contribution in [2.24, 2.45) is 11.8 Å². The van der Waals surface area contributed by atoms with E-state index >= 15 is 4.39 Å². The molecule has 170 valence electrons. The molecule has 0 unspecified atom stereocenters. The van der Waals surface area contributed by atoms with Crippen molar-refractivity contribution in [1.29, 1.82) is 0 Å². The maximum atomic E-state index is 15.2. The van der Waals surface area contributed by atoms with Crippen LogP contribution >= 0.6 is 11.3 Å². The summed E-state index contributed by atoms with van der Waals surface area (Å²) in [6, 6.07) is 8.23. The first-order valence-electron chi connectivity index (χ1n) is 11.5. The first-order valence-corrected chi connectivity index (χ1v) is 12.3. The molecule has 2 aromatic carbocycles. The van der Waals surface area contributed by atoms with Gasteiger partial charge in [-0.3, -0.25) is 0 Å². The van der Waals surface area contributed by atoms with Crippen molar-refractivity contribution in [2.45, 2.75) is 52.4 Å². The third-order valence-corrected chi connectivity index (χ3v) is 7.58. The van der Waals surface area contributed by atoms with Crippen molar-refractivity contribution < 1.29 is 17.9 Å². The Bertz CT molecular complexity index is 1110. The second kappa shape index (κ2) is 10.1. The predicted octanol–water partition coefficient (Wildman–Crippen LogP) is 9.00. The van der Waals surface area contributed by atoms with Gasteiger partial charge in [-0.05, 0) is 68.0 Å². The summed E-state index contributed by atoms with van der Waals surface area (Å²) in [5.41, 5.74) is 0.660. The van der Waals surface area contributed by atoms with Crippen molar-refractivity contribution in [3.63, 3.8) is 0 Å². The molecule has 0 atom stereocenters. The molecule has 0 aliphatic heterocycles. The number of halogens is 3. The lowest BCUT2D eigenvalue weighted by Crippen LogP contribution is -2.12. The van der Waals surface area contributed by atoms with E-state index in [-0.39, 0.29) is 23.7 Å². The molecule has 0 saturated heterocycles. The Labute approximate surface area is 191 Å². The first kappa shape index (κ1) is 22.9. The maximum Gasteiger partial charge on any atom is 0.201 e. The number of benzene rings is 2. The van der Waals surface area contributed by atoms with Crippen LogP contribution in [-0.4, -0.2) is 6.61 Å². The highest BCUT2D eigenvalue weighted by Crippen LogP contribution is 2.39. The highest BCUT2D eigenvalue weighted by Gasteiger charge is 2.20. The smallest absolute Gasteiger partial charge is 0.201 e. The van der Waals surface area contributed by atoms with E-state index in [4.69, 9.17) is 4.74 Å². The molecule has 1 heterocycles. The van der Waals surface area contributed by atoms with Gasteiger partial charge in [0.05, 0.1) is 11.3 Å². The van der Waals surface area contributed by atoms with Gasteiger partial charge in [-0.15, -0.1) is 11.3 Å². The van der Waals surface area contributed by atoms with Crippen LogP contribution in [0.2, 0.25) is 0 Å². The summed E-state index contributed by atoms with van der Waals surface area (Å²) in [4.78, 5) is 0.494. The predicted molar refractivity (Wildman–Crippen MR) is 128 cm³/mol. The lowest BCUT2D eigenvalue weighted by molar-refractivity contribution is 0.295. The van der Waals surface area contributed by atoms with Crippen molar-refractivity contribution >= 4 is 27.5 Å². The van der Waals surface area contributed by atoms with Crippen LogP contribution in [-0.2, 0) is 0 Å². The molecule has 1 saturated carbocycles. The van der Waals surface area contributed by atoms with Crippen LogP contribution in [0.3, 0.4) is 0 Å². The quantitative estimate of drug-likeness (QED) is 0.343. The Hall–Kier alpha value is -2.27. The molecule has 3 aromatic rings. The van der Waals surface area contributed by atoms with E-state index in [1.54, 1.807) is 19.1 Å². The summed E-state index contributed by atoms with van der Waals surface area (Å²) < 4.78 is 49.7. The van der Waals surface area contributed by atoms with E-state index in [1.807, 2.05) is 12.1 Å². The zero-order chi connectivity index (χ0) is 22.7. The molecular weight excluding hydrogens is 429 g/mol. The van der Waals surface area contributed by atoms with Gasteiger partial charge in [0.2, 0.25) is 5.82 Å². The molecule has 0 bridgehead atoms. The van der Waals surface area contributed by atoms with Crippen molar-refractivity contribution in [1.82, 2.24) is 0 Å². The summed E-state index contributed by atoms with van der Waals surface area (Å²) in [6.45, 7) is 4.20. The zero-order valence-corrected chi connectivity index (χ0v) is 19.4. The number of rotatable bonds is 7. The fourth-order valence-electron chi connectivity index (χ4n) is 4.65. The molecule has 5 heteroatoms. The second-order valence-corrected chi connectivity index (χ2v) is 9.65. The molecule has 0 N–H and O–H groups in total. The van der Waals surface area contributed by atoms with Gasteiger partial charge in [-0.2, -0.15) is 4.39 Å². The van der Waals surface area contributed by atoms with E-state index in [1.165, 1.54) is 37.8 Å². The number of fused-ring (bicyclic) bond motifs is 1. The van der Waals surface area contributed by atoms with Gasteiger partial charge in [0, 0.05) is 16.0 Å². The molecule has 1 fully saturated rings. The van der Waals surface area contributed by atoms with Gasteiger partial charge < -0.3 is 4.74 Å². The molecule has 1 aromatic heterocycles. The number of hydrogen-bond donors (Lipinski definition) is 0. The summed E-state index contributed by atoms with van der Waals surface area (Å²) in [6.07, 6.45) is 11.4. The lowest BCUT2D eigenvalue weighted by atomic mass is 9.80. The van der Waals surface area contributed by atoms with Gasteiger partial charge in [0.15, 0.2) is 11.6 Å². The minimum absolute atomic E-state index is 0.114. The third kappa shape index (κ3) is 4.73. The summed E-state index contributed by atoms with van der Waals surface area (Å²) in [7, 11) is 0. The molecule has 4 rings (SSSR count). The Morgan fingerprint density at radius 1 is 0.969 bits per heavy atom. The zero-order valence-electron chi connectivity index (χ0n) is 18.6. The van der Waals surface area contributed by atoms with Crippen LogP contribution < -0.4 is 4.74 Å². The SMILES string of the molecule is CCCC1CCC(/C=C/c2ccc3cc(-c4ccc(OCC)c(F)c4F)sc3c2F)CC1.